The zero-order chi connectivity index (χ0) is 13.5. The van der Waals surface area contributed by atoms with Crippen LogP contribution in [0.25, 0.3) is 0 Å². The summed E-state index contributed by atoms with van der Waals surface area (Å²) >= 11 is 11.6. The minimum atomic E-state index is -0.759. The van der Waals surface area contributed by atoms with E-state index in [2.05, 4.69) is 15.5 Å². The zero-order valence-corrected chi connectivity index (χ0v) is 10.9. The Morgan fingerprint density at radius 2 is 2.00 bits per heavy atom. The average molecular weight is 292 g/mol. The first-order chi connectivity index (χ1) is 8.52. The molecule has 1 aromatic carbocycles. The van der Waals surface area contributed by atoms with Crippen molar-refractivity contribution in [3.8, 4) is 0 Å². The van der Waals surface area contributed by atoms with Crippen LogP contribution in [0.5, 0.6) is 0 Å². The monoisotopic (exact) mass is 291 g/mol. The number of amides is 3. The lowest BCUT2D eigenvalue weighted by Gasteiger charge is -2.10. The highest BCUT2D eigenvalue weighted by Gasteiger charge is 2.07. The first kappa shape index (κ1) is 14.4. The molecule has 0 aliphatic heterocycles. The summed E-state index contributed by atoms with van der Waals surface area (Å²) in [5.41, 5.74) is 4.45. The van der Waals surface area contributed by atoms with Crippen LogP contribution in [0.2, 0.25) is 10.0 Å². The summed E-state index contributed by atoms with van der Waals surface area (Å²) < 4.78 is 4.55. The van der Waals surface area contributed by atoms with E-state index in [0.29, 0.717) is 15.7 Å². The number of nitrogens with one attached hydrogen (secondary N) is 3. The second kappa shape index (κ2) is 6.93. The highest BCUT2D eigenvalue weighted by atomic mass is 35.5. The summed E-state index contributed by atoms with van der Waals surface area (Å²) in [7, 11) is 0. The van der Waals surface area contributed by atoms with Gasteiger partial charge in [0.1, 0.15) is 0 Å². The van der Waals surface area contributed by atoms with Gasteiger partial charge in [-0.05, 0) is 25.1 Å². The predicted molar refractivity (Wildman–Crippen MR) is 68.8 cm³/mol. The molecule has 6 nitrogen and oxygen atoms in total. The van der Waals surface area contributed by atoms with Crippen LogP contribution in [0.4, 0.5) is 15.3 Å². The lowest BCUT2D eigenvalue weighted by molar-refractivity contribution is 0.148. The van der Waals surface area contributed by atoms with Gasteiger partial charge in [-0.2, -0.15) is 0 Å². The van der Waals surface area contributed by atoms with E-state index in [1.807, 2.05) is 5.43 Å². The molecular formula is C10H11Cl2N3O3. The lowest BCUT2D eigenvalue weighted by Crippen LogP contribution is -2.44. The number of anilines is 1. The zero-order valence-electron chi connectivity index (χ0n) is 9.42. The lowest BCUT2D eigenvalue weighted by atomic mass is 10.3. The standard InChI is InChI=1S/C10H11Cl2N3O3/c1-2-18-10(17)15-14-9(16)13-8-5-6(11)3-4-7(8)12/h3-5H,2H2,1H3,(H,15,17)(H2,13,14,16). The molecule has 0 heterocycles. The highest BCUT2D eigenvalue weighted by molar-refractivity contribution is 6.35. The highest BCUT2D eigenvalue weighted by Crippen LogP contribution is 2.25. The summed E-state index contributed by atoms with van der Waals surface area (Å²) in [6, 6.07) is 3.93. The van der Waals surface area contributed by atoms with Crippen molar-refractivity contribution >= 4 is 41.0 Å². The number of carbonyl (C=O) groups is 2. The topological polar surface area (TPSA) is 79.5 Å². The maximum absolute atomic E-state index is 11.4. The molecule has 18 heavy (non-hydrogen) atoms. The number of urea groups is 1. The number of halogens is 2. The van der Waals surface area contributed by atoms with Crippen LogP contribution in [0.3, 0.4) is 0 Å². The number of benzene rings is 1. The predicted octanol–water partition coefficient (Wildman–Crippen LogP) is 2.78. The fraction of sp³-hybridized carbons (Fsp3) is 0.200. The van der Waals surface area contributed by atoms with Gasteiger partial charge < -0.3 is 10.1 Å². The molecule has 0 aromatic heterocycles. The first-order valence-corrected chi connectivity index (χ1v) is 5.73. The van der Waals surface area contributed by atoms with Crippen LogP contribution in [-0.4, -0.2) is 18.7 Å². The van der Waals surface area contributed by atoms with Crippen molar-refractivity contribution in [2.75, 3.05) is 11.9 Å². The van der Waals surface area contributed by atoms with Gasteiger partial charge in [-0.25, -0.2) is 20.4 Å². The Balaban J connectivity index is 2.49. The molecule has 0 atom stereocenters. The third kappa shape index (κ3) is 4.68. The van der Waals surface area contributed by atoms with Crippen molar-refractivity contribution in [3.05, 3.63) is 28.2 Å². The molecule has 1 rings (SSSR count). The van der Waals surface area contributed by atoms with Crippen molar-refractivity contribution in [3.63, 3.8) is 0 Å². The molecule has 0 saturated heterocycles. The van der Waals surface area contributed by atoms with Crippen molar-refractivity contribution in [1.82, 2.24) is 10.9 Å². The van der Waals surface area contributed by atoms with Crippen molar-refractivity contribution < 1.29 is 14.3 Å². The van der Waals surface area contributed by atoms with E-state index >= 15 is 0 Å². The Morgan fingerprint density at radius 3 is 2.67 bits per heavy atom. The summed E-state index contributed by atoms with van der Waals surface area (Å²) in [5, 5.41) is 3.16. The molecule has 1 aromatic rings. The number of ether oxygens (including phenoxy) is 1. The van der Waals surface area contributed by atoms with E-state index in [1.165, 1.54) is 12.1 Å². The average Bonchev–Trinajstić information content (AvgIpc) is 2.32. The summed E-state index contributed by atoms with van der Waals surface area (Å²) in [6.45, 7) is 1.85. The Kier molecular flexibility index (Phi) is 5.54. The van der Waals surface area contributed by atoms with E-state index in [4.69, 9.17) is 23.2 Å². The molecule has 3 N–H and O–H groups in total. The number of hydrazine groups is 1. The van der Waals surface area contributed by atoms with Crippen LogP contribution in [-0.2, 0) is 4.74 Å². The molecule has 8 heteroatoms. The van der Waals surface area contributed by atoms with E-state index in [9.17, 15) is 9.59 Å². The van der Waals surface area contributed by atoms with Gasteiger partial charge in [0.15, 0.2) is 0 Å². The third-order valence-electron chi connectivity index (χ3n) is 1.73. The molecule has 0 radical (unpaired) electrons. The Morgan fingerprint density at radius 1 is 1.28 bits per heavy atom. The Labute approximate surface area is 114 Å². The summed E-state index contributed by atoms with van der Waals surface area (Å²) in [6.07, 6.45) is -0.759. The number of carbonyl (C=O) groups excluding carboxylic acids is 2. The van der Waals surface area contributed by atoms with Crippen molar-refractivity contribution in [1.29, 1.82) is 0 Å². The SMILES string of the molecule is CCOC(=O)NNC(=O)Nc1cc(Cl)ccc1Cl. The fourth-order valence-corrected chi connectivity index (χ4v) is 1.36. The molecule has 0 bridgehead atoms. The quantitative estimate of drug-likeness (QED) is 0.733. The van der Waals surface area contributed by atoms with Gasteiger partial charge >= 0.3 is 12.1 Å². The van der Waals surface area contributed by atoms with Gasteiger partial charge in [0.25, 0.3) is 0 Å². The van der Waals surface area contributed by atoms with Crippen molar-refractivity contribution in [2.24, 2.45) is 0 Å². The van der Waals surface area contributed by atoms with Crippen LogP contribution >= 0.6 is 23.2 Å². The van der Waals surface area contributed by atoms with E-state index in [0.717, 1.165) is 0 Å². The van der Waals surface area contributed by atoms with E-state index in [1.54, 1.807) is 13.0 Å². The summed E-state index contributed by atoms with van der Waals surface area (Å²) in [5.74, 6) is 0. The molecule has 0 saturated carbocycles. The molecule has 0 aliphatic rings. The van der Waals surface area contributed by atoms with E-state index < -0.39 is 12.1 Å². The second-order valence-corrected chi connectivity index (χ2v) is 3.89. The van der Waals surface area contributed by atoms with Gasteiger partial charge in [-0.15, -0.1) is 0 Å². The maximum atomic E-state index is 11.4. The molecule has 0 aliphatic carbocycles. The molecule has 0 fully saturated rings. The van der Waals surface area contributed by atoms with Crippen LogP contribution in [0, 0.1) is 0 Å². The van der Waals surface area contributed by atoms with Gasteiger partial charge in [0.05, 0.1) is 17.3 Å². The van der Waals surface area contributed by atoms with Gasteiger partial charge in [0.2, 0.25) is 0 Å². The van der Waals surface area contributed by atoms with Gasteiger partial charge in [-0.3, -0.25) is 0 Å². The fourth-order valence-electron chi connectivity index (χ4n) is 1.02. The third-order valence-corrected chi connectivity index (χ3v) is 2.29. The van der Waals surface area contributed by atoms with Crippen LogP contribution in [0.15, 0.2) is 18.2 Å². The Bertz CT molecular complexity index is 454. The number of hydrogen-bond acceptors (Lipinski definition) is 3. The molecule has 0 unspecified atom stereocenters. The largest absolute Gasteiger partial charge is 0.449 e. The van der Waals surface area contributed by atoms with Crippen molar-refractivity contribution in [2.45, 2.75) is 6.92 Å². The van der Waals surface area contributed by atoms with Crippen LogP contribution < -0.4 is 16.2 Å². The van der Waals surface area contributed by atoms with Gasteiger partial charge in [-0.1, -0.05) is 23.2 Å². The molecule has 98 valence electrons. The molecule has 3 amide bonds. The second-order valence-electron chi connectivity index (χ2n) is 3.05. The van der Waals surface area contributed by atoms with Crippen LogP contribution in [0.1, 0.15) is 6.92 Å². The Hall–Kier alpha value is -1.66. The first-order valence-electron chi connectivity index (χ1n) is 4.97. The number of hydrogen-bond donors (Lipinski definition) is 3. The number of rotatable bonds is 2. The van der Waals surface area contributed by atoms with E-state index in [-0.39, 0.29) is 6.61 Å². The maximum Gasteiger partial charge on any atom is 0.426 e. The molecule has 0 spiro atoms. The minimum absolute atomic E-state index is 0.204. The molecular weight excluding hydrogens is 281 g/mol. The smallest absolute Gasteiger partial charge is 0.426 e. The normalized spacial score (nSPS) is 9.50. The summed E-state index contributed by atoms with van der Waals surface area (Å²) in [4.78, 5) is 22.3. The minimum Gasteiger partial charge on any atom is -0.449 e. The van der Waals surface area contributed by atoms with Gasteiger partial charge in [0, 0.05) is 5.02 Å².